The molecule has 0 amide bonds. The fourth-order valence-electron chi connectivity index (χ4n) is 2.51. The first-order valence-electron chi connectivity index (χ1n) is 6.01. The van der Waals surface area contributed by atoms with E-state index < -0.39 is 10.0 Å². The van der Waals surface area contributed by atoms with Gasteiger partial charge in [-0.15, -0.1) is 0 Å². The van der Waals surface area contributed by atoms with Crippen molar-refractivity contribution in [2.45, 2.75) is 45.1 Å². The quantitative estimate of drug-likeness (QED) is 0.794. The van der Waals surface area contributed by atoms with Gasteiger partial charge in [-0.25, -0.2) is 8.42 Å². The van der Waals surface area contributed by atoms with Gasteiger partial charge in [0.15, 0.2) is 0 Å². The molecule has 0 unspecified atom stereocenters. The van der Waals surface area contributed by atoms with Gasteiger partial charge in [-0.05, 0) is 18.8 Å². The minimum absolute atomic E-state index is 0.156. The highest BCUT2D eigenvalue weighted by Crippen LogP contribution is 2.35. The van der Waals surface area contributed by atoms with Gasteiger partial charge in [0.05, 0.1) is 5.75 Å². The highest BCUT2D eigenvalue weighted by atomic mass is 32.2. The van der Waals surface area contributed by atoms with Crippen molar-refractivity contribution in [3.63, 3.8) is 0 Å². The molecule has 1 aliphatic rings. The number of nitrogens with zero attached hydrogens (tertiary/aromatic N) is 1. The number of rotatable bonds is 5. The summed E-state index contributed by atoms with van der Waals surface area (Å²) in [5.74, 6) is 0.370. The van der Waals surface area contributed by atoms with E-state index in [1.165, 1.54) is 0 Å². The van der Waals surface area contributed by atoms with E-state index >= 15 is 0 Å². The summed E-state index contributed by atoms with van der Waals surface area (Å²) in [7, 11) is -1.47. The second-order valence-electron chi connectivity index (χ2n) is 5.28. The summed E-state index contributed by atoms with van der Waals surface area (Å²) in [5.41, 5.74) is 5.48. The molecule has 0 bridgehead atoms. The molecule has 0 aromatic heterocycles. The molecular weight excluding hydrogens is 224 g/mol. The molecule has 0 aliphatic heterocycles. The Morgan fingerprint density at radius 2 is 1.81 bits per heavy atom. The molecule has 0 saturated heterocycles. The molecule has 0 aromatic carbocycles. The predicted molar refractivity (Wildman–Crippen MR) is 66.6 cm³/mol. The minimum Gasteiger partial charge on any atom is -0.329 e. The molecule has 1 fully saturated rings. The van der Waals surface area contributed by atoms with E-state index in [0.717, 1.165) is 25.7 Å². The molecule has 1 aliphatic carbocycles. The lowest BCUT2D eigenvalue weighted by molar-refractivity contribution is 0.230. The van der Waals surface area contributed by atoms with Crippen LogP contribution in [0.4, 0.5) is 0 Å². The van der Waals surface area contributed by atoms with Gasteiger partial charge in [0.25, 0.3) is 0 Å². The SMILES string of the molecule is CC(C)CS(=O)(=O)N(C)C1(CN)CCCC1. The van der Waals surface area contributed by atoms with Crippen LogP contribution in [0.2, 0.25) is 0 Å². The third kappa shape index (κ3) is 2.76. The van der Waals surface area contributed by atoms with Gasteiger partial charge in [0.1, 0.15) is 0 Å². The number of hydrogen-bond donors (Lipinski definition) is 1. The van der Waals surface area contributed by atoms with Crippen molar-refractivity contribution in [3.05, 3.63) is 0 Å². The lowest BCUT2D eigenvalue weighted by Gasteiger charge is -2.37. The molecule has 0 atom stereocenters. The Labute approximate surface area is 99.2 Å². The van der Waals surface area contributed by atoms with E-state index in [1.807, 2.05) is 13.8 Å². The van der Waals surface area contributed by atoms with Crippen molar-refractivity contribution in [2.24, 2.45) is 11.7 Å². The highest BCUT2D eigenvalue weighted by molar-refractivity contribution is 7.89. The molecule has 96 valence electrons. The lowest BCUT2D eigenvalue weighted by Crippen LogP contribution is -2.53. The molecular formula is C11H24N2O2S. The number of likely N-dealkylation sites (N-methyl/N-ethyl adjacent to an activating group) is 1. The maximum absolute atomic E-state index is 12.2. The Balaban J connectivity index is 2.86. The monoisotopic (exact) mass is 248 g/mol. The topological polar surface area (TPSA) is 63.4 Å². The van der Waals surface area contributed by atoms with Crippen molar-refractivity contribution in [3.8, 4) is 0 Å². The van der Waals surface area contributed by atoms with Crippen LogP contribution < -0.4 is 5.73 Å². The molecule has 1 rings (SSSR count). The average molecular weight is 248 g/mol. The van der Waals surface area contributed by atoms with Crippen LogP contribution in [0.25, 0.3) is 0 Å². The number of sulfonamides is 1. The van der Waals surface area contributed by atoms with Crippen LogP contribution >= 0.6 is 0 Å². The van der Waals surface area contributed by atoms with Gasteiger partial charge in [0.2, 0.25) is 10.0 Å². The minimum atomic E-state index is -3.16. The predicted octanol–water partition coefficient (Wildman–Crippen LogP) is 1.18. The van der Waals surface area contributed by atoms with E-state index in [0.29, 0.717) is 6.54 Å². The molecule has 0 radical (unpaired) electrons. The van der Waals surface area contributed by atoms with Crippen molar-refractivity contribution < 1.29 is 8.42 Å². The highest BCUT2D eigenvalue weighted by Gasteiger charge is 2.42. The van der Waals surface area contributed by atoms with Gasteiger partial charge < -0.3 is 5.73 Å². The summed E-state index contributed by atoms with van der Waals surface area (Å²) in [6, 6.07) is 0. The molecule has 0 heterocycles. The second-order valence-corrected chi connectivity index (χ2v) is 7.32. The van der Waals surface area contributed by atoms with Crippen molar-refractivity contribution in [2.75, 3.05) is 19.3 Å². The molecule has 16 heavy (non-hydrogen) atoms. The Hall–Kier alpha value is -0.130. The summed E-state index contributed by atoms with van der Waals surface area (Å²) in [6.45, 7) is 4.28. The van der Waals surface area contributed by atoms with Crippen LogP contribution in [0.15, 0.2) is 0 Å². The molecule has 2 N–H and O–H groups in total. The van der Waals surface area contributed by atoms with E-state index in [1.54, 1.807) is 11.4 Å². The zero-order chi connectivity index (χ0) is 12.4. The summed E-state index contributed by atoms with van der Waals surface area (Å²) in [4.78, 5) is 0. The smallest absolute Gasteiger partial charge is 0.214 e. The first-order chi connectivity index (χ1) is 7.34. The van der Waals surface area contributed by atoms with Gasteiger partial charge in [-0.2, -0.15) is 4.31 Å². The summed E-state index contributed by atoms with van der Waals surface area (Å²) < 4.78 is 25.9. The van der Waals surface area contributed by atoms with Crippen molar-refractivity contribution in [1.82, 2.24) is 4.31 Å². The van der Waals surface area contributed by atoms with Gasteiger partial charge in [-0.1, -0.05) is 26.7 Å². The fraction of sp³-hybridized carbons (Fsp3) is 1.00. The first-order valence-corrected chi connectivity index (χ1v) is 7.62. The summed E-state index contributed by atoms with van der Waals surface area (Å²) in [5, 5.41) is 0. The van der Waals surface area contributed by atoms with E-state index in [-0.39, 0.29) is 17.2 Å². The molecule has 0 spiro atoms. The maximum Gasteiger partial charge on any atom is 0.214 e. The van der Waals surface area contributed by atoms with E-state index in [9.17, 15) is 8.42 Å². The molecule has 1 saturated carbocycles. The zero-order valence-corrected chi connectivity index (χ0v) is 11.4. The van der Waals surface area contributed by atoms with E-state index in [2.05, 4.69) is 0 Å². The van der Waals surface area contributed by atoms with Gasteiger partial charge in [0, 0.05) is 19.1 Å². The number of hydrogen-bond acceptors (Lipinski definition) is 3. The van der Waals surface area contributed by atoms with Crippen LogP contribution in [-0.2, 0) is 10.0 Å². The van der Waals surface area contributed by atoms with Crippen LogP contribution in [0.3, 0.4) is 0 Å². The summed E-state index contributed by atoms with van der Waals surface area (Å²) in [6.07, 6.45) is 3.96. The lowest BCUT2D eigenvalue weighted by atomic mass is 9.98. The molecule has 5 heteroatoms. The van der Waals surface area contributed by atoms with E-state index in [4.69, 9.17) is 5.73 Å². The summed E-state index contributed by atoms with van der Waals surface area (Å²) >= 11 is 0. The Kier molecular flexibility index (Phi) is 4.37. The van der Waals surface area contributed by atoms with Crippen LogP contribution in [0.5, 0.6) is 0 Å². The second kappa shape index (κ2) is 5.02. The van der Waals surface area contributed by atoms with Crippen molar-refractivity contribution in [1.29, 1.82) is 0 Å². The average Bonchev–Trinajstić information content (AvgIpc) is 2.64. The van der Waals surface area contributed by atoms with Crippen molar-refractivity contribution >= 4 is 10.0 Å². The van der Waals surface area contributed by atoms with Crippen LogP contribution in [-0.4, -0.2) is 37.6 Å². The fourth-order valence-corrected chi connectivity index (χ4v) is 4.42. The zero-order valence-electron chi connectivity index (χ0n) is 10.6. The first kappa shape index (κ1) is 13.9. The largest absolute Gasteiger partial charge is 0.329 e. The molecule has 0 aromatic rings. The van der Waals surface area contributed by atoms with Crippen LogP contribution in [0.1, 0.15) is 39.5 Å². The standard InChI is InChI=1S/C11H24N2O2S/c1-10(2)8-16(14,15)13(3)11(9-12)6-4-5-7-11/h10H,4-9,12H2,1-3H3. The third-order valence-electron chi connectivity index (χ3n) is 3.54. The van der Waals surface area contributed by atoms with Crippen LogP contribution in [0, 0.1) is 5.92 Å². The molecule has 4 nitrogen and oxygen atoms in total. The third-order valence-corrected chi connectivity index (χ3v) is 5.85. The number of nitrogens with two attached hydrogens (primary N) is 1. The maximum atomic E-state index is 12.2. The Bertz CT molecular complexity index is 319. The van der Waals surface area contributed by atoms with Gasteiger partial charge >= 0.3 is 0 Å². The normalized spacial score (nSPS) is 20.9. The Morgan fingerprint density at radius 3 is 2.19 bits per heavy atom. The Morgan fingerprint density at radius 1 is 1.31 bits per heavy atom. The van der Waals surface area contributed by atoms with Gasteiger partial charge in [-0.3, -0.25) is 0 Å².